The number of aromatic nitrogens is 1. The second kappa shape index (κ2) is 9.85. The van der Waals surface area contributed by atoms with Crippen molar-refractivity contribution in [1.82, 2.24) is 19.3 Å². The van der Waals surface area contributed by atoms with Gasteiger partial charge in [0.05, 0.1) is 0 Å². The van der Waals surface area contributed by atoms with Gasteiger partial charge >= 0.3 is 0 Å². The largest absolute Gasteiger partial charge is 0.293 e. The van der Waals surface area contributed by atoms with Crippen LogP contribution < -0.4 is 9.44 Å². The first kappa shape index (κ1) is 25.2. The Morgan fingerprint density at radius 2 is 2.03 bits per heavy atom. The molecule has 1 saturated heterocycles. The molecule has 1 atom stereocenters. The first-order valence-corrected chi connectivity index (χ1v) is 13.4. The summed E-state index contributed by atoms with van der Waals surface area (Å²) in [5.74, 6) is 0. The molecule has 2 N–H and O–H groups in total. The summed E-state index contributed by atoms with van der Waals surface area (Å²) in [6.45, 7) is 11.9. The van der Waals surface area contributed by atoms with Crippen molar-refractivity contribution in [2.24, 2.45) is 5.41 Å². The third-order valence-electron chi connectivity index (χ3n) is 6.41. The van der Waals surface area contributed by atoms with Crippen molar-refractivity contribution in [3.8, 4) is 0 Å². The molecule has 0 radical (unpaired) electrons. The van der Waals surface area contributed by atoms with Gasteiger partial charge < -0.3 is 0 Å². The van der Waals surface area contributed by atoms with Crippen LogP contribution in [-0.4, -0.2) is 44.0 Å². The number of halogens is 1. The maximum Gasteiger partial charge on any atom is 0.277 e. The Labute approximate surface area is 195 Å². The van der Waals surface area contributed by atoms with Crippen molar-refractivity contribution in [3.05, 3.63) is 51.7 Å². The minimum atomic E-state index is -3.58. The van der Waals surface area contributed by atoms with Gasteiger partial charge in [0.25, 0.3) is 10.2 Å². The number of nitrogens with zero attached hydrogens (tertiary/aromatic N) is 2. The highest BCUT2D eigenvalue weighted by molar-refractivity contribution is 7.87. The normalized spacial score (nSPS) is 20.3. The Morgan fingerprint density at radius 1 is 1.28 bits per heavy atom. The second-order valence-corrected chi connectivity index (χ2v) is 12.4. The lowest BCUT2D eigenvalue weighted by atomic mass is 9.82. The second-order valence-electron chi connectivity index (χ2n) is 9.72. The molecular formula is C23H35FN4O2S2. The molecule has 1 unspecified atom stereocenters. The van der Waals surface area contributed by atoms with Crippen LogP contribution in [0.3, 0.4) is 0 Å². The average molecular weight is 483 g/mol. The van der Waals surface area contributed by atoms with E-state index in [-0.39, 0.29) is 22.1 Å². The highest BCUT2D eigenvalue weighted by atomic mass is 32.2. The number of nitrogens with one attached hydrogen (secondary N) is 2. The molecule has 178 valence electrons. The van der Waals surface area contributed by atoms with Gasteiger partial charge in [-0.3, -0.25) is 9.88 Å². The minimum Gasteiger partial charge on any atom is -0.293 e. The van der Waals surface area contributed by atoms with Crippen LogP contribution in [0.25, 0.3) is 0 Å². The summed E-state index contributed by atoms with van der Waals surface area (Å²) in [4.78, 5) is 7.87. The summed E-state index contributed by atoms with van der Waals surface area (Å²) in [5, 5.41) is -0.183. The number of likely N-dealkylation sites (tertiary alicyclic amines) is 1. The zero-order valence-corrected chi connectivity index (χ0v) is 21.2. The van der Waals surface area contributed by atoms with Crippen molar-refractivity contribution < 1.29 is 12.8 Å². The first-order chi connectivity index (χ1) is 14.9. The van der Waals surface area contributed by atoms with Crippen LogP contribution in [0.15, 0.2) is 30.5 Å². The van der Waals surface area contributed by atoms with Gasteiger partial charge in [-0.05, 0) is 89.6 Å². The summed E-state index contributed by atoms with van der Waals surface area (Å²) in [6, 6.07) is 7.29. The Morgan fingerprint density at radius 3 is 2.62 bits per heavy atom. The molecule has 0 aromatic carbocycles. The fraction of sp³-hybridized carbons (Fsp3) is 0.609. The fourth-order valence-electron chi connectivity index (χ4n) is 4.34. The zero-order valence-electron chi connectivity index (χ0n) is 19.6. The van der Waals surface area contributed by atoms with E-state index in [4.69, 9.17) is 0 Å². The van der Waals surface area contributed by atoms with E-state index in [1.165, 1.54) is 17.4 Å². The van der Waals surface area contributed by atoms with E-state index >= 15 is 0 Å². The fourth-order valence-corrected chi connectivity index (χ4v) is 6.26. The third-order valence-corrected chi connectivity index (χ3v) is 8.64. The van der Waals surface area contributed by atoms with Gasteiger partial charge in [-0.25, -0.2) is 4.72 Å². The molecule has 9 heteroatoms. The third kappa shape index (κ3) is 6.35. The highest BCUT2D eigenvalue weighted by Gasteiger charge is 2.44. The Kier molecular flexibility index (Phi) is 7.77. The lowest BCUT2D eigenvalue weighted by Crippen LogP contribution is -2.47. The lowest BCUT2D eigenvalue weighted by Gasteiger charge is -2.38. The number of thiophene rings is 1. The van der Waals surface area contributed by atoms with E-state index in [1.807, 2.05) is 25.3 Å². The van der Waals surface area contributed by atoms with Gasteiger partial charge in [0.2, 0.25) is 0 Å². The van der Waals surface area contributed by atoms with Crippen LogP contribution in [0, 0.1) is 17.5 Å². The van der Waals surface area contributed by atoms with Gasteiger partial charge in [-0.15, -0.1) is 11.3 Å². The molecule has 2 aromatic rings. The van der Waals surface area contributed by atoms with Gasteiger partial charge in [-0.2, -0.15) is 17.5 Å². The van der Waals surface area contributed by atoms with Gasteiger partial charge in [0.15, 0.2) is 5.13 Å². The van der Waals surface area contributed by atoms with Crippen LogP contribution in [0.5, 0.6) is 0 Å². The Bertz CT molecular complexity index is 1010. The number of pyridine rings is 1. The zero-order chi connectivity index (χ0) is 23.6. The maximum absolute atomic E-state index is 13.5. The first-order valence-electron chi connectivity index (χ1n) is 11.1. The average Bonchev–Trinajstić information content (AvgIpc) is 3.32. The van der Waals surface area contributed by atoms with E-state index in [0.29, 0.717) is 6.54 Å². The summed E-state index contributed by atoms with van der Waals surface area (Å²) >= 11 is 1.17. The molecule has 0 aliphatic carbocycles. The van der Waals surface area contributed by atoms with Gasteiger partial charge in [0.1, 0.15) is 0 Å². The summed E-state index contributed by atoms with van der Waals surface area (Å²) in [6.07, 6.45) is 4.32. The topological polar surface area (TPSA) is 74.3 Å². The van der Waals surface area contributed by atoms with Crippen molar-refractivity contribution in [1.29, 1.82) is 0 Å². The van der Waals surface area contributed by atoms with E-state index in [0.717, 1.165) is 48.5 Å². The molecule has 3 heterocycles. The molecular weight excluding hydrogens is 447 g/mol. The molecule has 0 amide bonds. The monoisotopic (exact) mass is 482 g/mol. The van der Waals surface area contributed by atoms with Gasteiger partial charge in [0, 0.05) is 41.4 Å². The highest BCUT2D eigenvalue weighted by Crippen LogP contribution is 2.41. The van der Waals surface area contributed by atoms with Crippen molar-refractivity contribution >= 4 is 21.5 Å². The van der Waals surface area contributed by atoms with E-state index < -0.39 is 10.2 Å². The molecule has 1 aliphatic heterocycles. The molecule has 1 aliphatic rings. The maximum atomic E-state index is 13.5. The van der Waals surface area contributed by atoms with Gasteiger partial charge in [-0.1, -0.05) is 6.07 Å². The molecule has 32 heavy (non-hydrogen) atoms. The predicted molar refractivity (Wildman–Crippen MR) is 128 cm³/mol. The molecule has 3 rings (SSSR count). The van der Waals surface area contributed by atoms with E-state index in [2.05, 4.69) is 39.2 Å². The van der Waals surface area contributed by atoms with Crippen molar-refractivity contribution in [2.75, 3.05) is 19.6 Å². The van der Waals surface area contributed by atoms with Crippen molar-refractivity contribution in [3.63, 3.8) is 0 Å². The molecule has 1 fully saturated rings. The number of hydrogen-bond donors (Lipinski definition) is 2. The molecule has 2 aromatic heterocycles. The van der Waals surface area contributed by atoms with Crippen LogP contribution in [0.2, 0.25) is 0 Å². The lowest BCUT2D eigenvalue weighted by molar-refractivity contribution is 0.128. The minimum absolute atomic E-state index is 0.175. The predicted octanol–water partition coefficient (Wildman–Crippen LogP) is 3.98. The quantitative estimate of drug-likeness (QED) is 0.537. The van der Waals surface area contributed by atoms with Crippen molar-refractivity contribution in [2.45, 2.75) is 65.5 Å². The molecule has 6 nitrogen and oxygen atoms in total. The molecule has 0 spiro atoms. The van der Waals surface area contributed by atoms with Crippen LogP contribution in [-0.2, 0) is 22.2 Å². The van der Waals surface area contributed by atoms with E-state index in [1.54, 1.807) is 13.8 Å². The summed E-state index contributed by atoms with van der Waals surface area (Å²) in [5.41, 5.74) is 1.66. The number of aryl methyl sites for hydroxylation is 2. The smallest absolute Gasteiger partial charge is 0.277 e. The Balaban J connectivity index is 1.78. The standard InChI is InChI=1S/C23H35FN4O2S2/c1-17(2)27-32(29,30)26-15-23(11-10-20-8-9-21(24)31-20)12-13-28(16-23)22(4,5)19-7-6-18(3)25-14-19/h6-9,14,17,26-27H,10-13,15-16H2,1-5H3. The van der Waals surface area contributed by atoms with E-state index in [9.17, 15) is 12.8 Å². The summed E-state index contributed by atoms with van der Waals surface area (Å²) in [7, 11) is -3.58. The number of rotatable bonds is 10. The number of hydrogen-bond acceptors (Lipinski definition) is 5. The molecule has 0 saturated carbocycles. The van der Waals surface area contributed by atoms with Crippen LogP contribution >= 0.6 is 11.3 Å². The summed E-state index contributed by atoms with van der Waals surface area (Å²) < 4.78 is 43.8. The van der Waals surface area contributed by atoms with Crippen LogP contribution in [0.4, 0.5) is 4.39 Å². The van der Waals surface area contributed by atoms with Crippen LogP contribution in [0.1, 0.15) is 56.7 Å². The molecule has 0 bridgehead atoms. The Hall–Kier alpha value is -1.39. The SMILES string of the molecule is Cc1ccc(C(C)(C)N2CCC(CCc3ccc(F)s3)(CNS(=O)(=O)NC(C)C)C2)cn1.